The maximum Gasteiger partial charge on any atom is 0.222 e. The monoisotopic (exact) mass is 170 g/mol. The van der Waals surface area contributed by atoms with Crippen LogP contribution < -0.4 is 10.6 Å². The van der Waals surface area contributed by atoms with Crippen LogP contribution >= 0.6 is 0 Å². The van der Waals surface area contributed by atoms with Gasteiger partial charge in [-0.1, -0.05) is 0 Å². The van der Waals surface area contributed by atoms with Crippen LogP contribution in [0.15, 0.2) is 0 Å². The van der Waals surface area contributed by atoms with Crippen LogP contribution in [0.25, 0.3) is 0 Å². The van der Waals surface area contributed by atoms with E-state index in [1.54, 1.807) is 0 Å². The summed E-state index contributed by atoms with van der Waals surface area (Å²) in [5.74, 6) is 0.387. The van der Waals surface area contributed by atoms with Crippen LogP contribution in [-0.2, 0) is 9.59 Å². The van der Waals surface area contributed by atoms with E-state index in [2.05, 4.69) is 10.6 Å². The van der Waals surface area contributed by atoms with Gasteiger partial charge < -0.3 is 10.6 Å². The van der Waals surface area contributed by atoms with E-state index in [9.17, 15) is 9.59 Å². The van der Waals surface area contributed by atoms with Crippen LogP contribution in [0.1, 0.15) is 26.2 Å². The maximum atomic E-state index is 10.1. The summed E-state index contributed by atoms with van der Waals surface area (Å²) < 4.78 is 0. The van der Waals surface area contributed by atoms with Crippen LogP contribution in [0, 0.1) is 0 Å². The van der Waals surface area contributed by atoms with E-state index in [0.29, 0.717) is 6.04 Å². The van der Waals surface area contributed by atoms with Gasteiger partial charge in [0.05, 0.1) is 0 Å². The fraction of sp³-hybridized carbons (Fsp3) is 0.750. The van der Waals surface area contributed by atoms with E-state index < -0.39 is 0 Å². The molecule has 4 heteroatoms. The van der Waals surface area contributed by atoms with E-state index in [0.717, 1.165) is 25.8 Å². The van der Waals surface area contributed by atoms with Gasteiger partial charge in [0.25, 0.3) is 0 Å². The highest BCUT2D eigenvalue weighted by molar-refractivity contribution is 5.82. The molecule has 2 heterocycles. The Kier molecular flexibility index (Phi) is 3.08. The highest BCUT2D eigenvalue weighted by atomic mass is 16.2. The van der Waals surface area contributed by atoms with Crippen molar-refractivity contribution in [2.75, 3.05) is 6.54 Å². The number of β-lactam (4-membered cyclic amide) rings is 1. The SMILES string of the molecule is CC1CC(=O)N1.O=C1CCCN1. The minimum absolute atomic E-state index is 0.183. The molecule has 68 valence electrons. The van der Waals surface area contributed by atoms with Crippen molar-refractivity contribution < 1.29 is 9.59 Å². The lowest BCUT2D eigenvalue weighted by Crippen LogP contribution is -2.46. The first-order chi connectivity index (χ1) is 5.68. The molecule has 0 aromatic heterocycles. The Morgan fingerprint density at radius 1 is 1.33 bits per heavy atom. The standard InChI is InChI=1S/2C4H7NO/c1-3-2-4(6)5-3;6-4-2-1-3-5-4/h3H,2H2,1H3,(H,5,6);1-3H2,(H,5,6). The van der Waals surface area contributed by atoms with Crippen LogP contribution in [0.2, 0.25) is 0 Å². The van der Waals surface area contributed by atoms with Crippen molar-refractivity contribution in [1.29, 1.82) is 0 Å². The summed E-state index contributed by atoms with van der Waals surface area (Å²) in [5, 5.41) is 5.35. The Morgan fingerprint density at radius 3 is 2.08 bits per heavy atom. The molecule has 0 radical (unpaired) electrons. The summed E-state index contributed by atoms with van der Waals surface area (Å²) in [6.07, 6.45) is 2.48. The Bertz CT molecular complexity index is 175. The lowest BCUT2D eigenvalue weighted by molar-refractivity contribution is -0.127. The highest BCUT2D eigenvalue weighted by Crippen LogP contribution is 1.99. The van der Waals surface area contributed by atoms with Crippen molar-refractivity contribution in [3.05, 3.63) is 0 Å². The second kappa shape index (κ2) is 4.09. The van der Waals surface area contributed by atoms with Crippen molar-refractivity contribution in [1.82, 2.24) is 10.6 Å². The van der Waals surface area contributed by atoms with Crippen molar-refractivity contribution in [3.63, 3.8) is 0 Å². The zero-order valence-electron chi connectivity index (χ0n) is 7.22. The molecule has 0 aromatic carbocycles. The first-order valence-electron chi connectivity index (χ1n) is 4.24. The zero-order chi connectivity index (χ0) is 8.97. The van der Waals surface area contributed by atoms with Crippen molar-refractivity contribution in [3.8, 4) is 0 Å². The third kappa shape index (κ3) is 2.90. The molecule has 0 spiro atoms. The van der Waals surface area contributed by atoms with Crippen LogP contribution in [0.4, 0.5) is 0 Å². The zero-order valence-corrected chi connectivity index (χ0v) is 7.22. The third-order valence-electron chi connectivity index (χ3n) is 1.80. The molecule has 1 atom stereocenters. The predicted molar refractivity (Wildman–Crippen MR) is 44.5 cm³/mol. The number of amides is 2. The molecular formula is C8H14N2O2. The molecule has 2 rings (SSSR count). The van der Waals surface area contributed by atoms with Crippen molar-refractivity contribution in [2.24, 2.45) is 0 Å². The summed E-state index contributed by atoms with van der Waals surface area (Å²) in [4.78, 5) is 20.1. The minimum atomic E-state index is 0.183. The molecule has 0 saturated carbocycles. The number of rotatable bonds is 0. The predicted octanol–water partition coefficient (Wildman–Crippen LogP) is -0.209. The molecular weight excluding hydrogens is 156 g/mol. The molecule has 2 saturated heterocycles. The minimum Gasteiger partial charge on any atom is -0.356 e. The summed E-state index contributed by atoms with van der Waals surface area (Å²) >= 11 is 0. The maximum absolute atomic E-state index is 10.1. The van der Waals surface area contributed by atoms with Gasteiger partial charge in [-0.25, -0.2) is 0 Å². The van der Waals surface area contributed by atoms with Crippen molar-refractivity contribution in [2.45, 2.75) is 32.2 Å². The van der Waals surface area contributed by atoms with Gasteiger partial charge in [-0.05, 0) is 13.3 Å². The second-order valence-corrected chi connectivity index (χ2v) is 3.13. The summed E-state index contributed by atoms with van der Waals surface area (Å²) in [6.45, 7) is 2.88. The fourth-order valence-corrected chi connectivity index (χ4v) is 1.10. The lowest BCUT2D eigenvalue weighted by Gasteiger charge is -2.21. The first-order valence-corrected chi connectivity index (χ1v) is 4.24. The molecule has 1 unspecified atom stereocenters. The van der Waals surface area contributed by atoms with Gasteiger partial charge in [0.2, 0.25) is 11.8 Å². The van der Waals surface area contributed by atoms with Crippen LogP contribution in [0.3, 0.4) is 0 Å². The Morgan fingerprint density at radius 2 is 2.00 bits per heavy atom. The highest BCUT2D eigenvalue weighted by Gasteiger charge is 2.18. The van der Waals surface area contributed by atoms with Crippen LogP contribution in [0.5, 0.6) is 0 Å². The largest absolute Gasteiger partial charge is 0.356 e. The number of hydrogen-bond donors (Lipinski definition) is 2. The lowest BCUT2D eigenvalue weighted by atomic mass is 10.1. The average Bonchev–Trinajstić information content (AvgIpc) is 2.38. The second-order valence-electron chi connectivity index (χ2n) is 3.13. The number of nitrogens with one attached hydrogen (secondary N) is 2. The summed E-state index contributed by atoms with van der Waals surface area (Å²) in [6, 6.07) is 0.442. The Hall–Kier alpha value is -1.06. The number of carbonyl (C=O) groups is 2. The average molecular weight is 170 g/mol. The topological polar surface area (TPSA) is 58.2 Å². The van der Waals surface area contributed by atoms with Gasteiger partial charge in [0.1, 0.15) is 0 Å². The van der Waals surface area contributed by atoms with Gasteiger partial charge in [-0.3, -0.25) is 9.59 Å². The molecule has 2 aliphatic heterocycles. The third-order valence-corrected chi connectivity index (χ3v) is 1.80. The van der Waals surface area contributed by atoms with E-state index in [4.69, 9.17) is 0 Å². The van der Waals surface area contributed by atoms with E-state index >= 15 is 0 Å². The molecule has 4 nitrogen and oxygen atoms in total. The Labute approximate surface area is 71.7 Å². The van der Waals surface area contributed by atoms with Gasteiger partial charge in [0, 0.05) is 25.4 Å². The normalized spacial score (nSPS) is 26.2. The Balaban J connectivity index is 0.000000120. The smallest absolute Gasteiger partial charge is 0.222 e. The fourth-order valence-electron chi connectivity index (χ4n) is 1.10. The summed E-state index contributed by atoms with van der Waals surface area (Å²) in [7, 11) is 0. The van der Waals surface area contributed by atoms with Gasteiger partial charge in [0.15, 0.2) is 0 Å². The van der Waals surface area contributed by atoms with Crippen molar-refractivity contribution >= 4 is 11.8 Å². The molecule has 2 fully saturated rings. The van der Waals surface area contributed by atoms with E-state index in [1.165, 1.54) is 0 Å². The number of carbonyl (C=O) groups excluding carboxylic acids is 2. The molecule has 0 aromatic rings. The summed E-state index contributed by atoms with van der Waals surface area (Å²) in [5.41, 5.74) is 0. The van der Waals surface area contributed by atoms with E-state index in [1.807, 2.05) is 6.92 Å². The molecule has 2 N–H and O–H groups in total. The number of hydrogen-bond acceptors (Lipinski definition) is 2. The van der Waals surface area contributed by atoms with E-state index in [-0.39, 0.29) is 11.8 Å². The van der Waals surface area contributed by atoms with Gasteiger partial charge in [-0.15, -0.1) is 0 Å². The van der Waals surface area contributed by atoms with Crippen LogP contribution in [-0.4, -0.2) is 24.4 Å². The molecule has 2 aliphatic rings. The molecule has 0 aliphatic carbocycles. The van der Waals surface area contributed by atoms with Gasteiger partial charge >= 0.3 is 0 Å². The molecule has 12 heavy (non-hydrogen) atoms. The first kappa shape index (κ1) is 9.03. The quantitative estimate of drug-likeness (QED) is 0.494. The molecule has 2 amide bonds. The van der Waals surface area contributed by atoms with Gasteiger partial charge in [-0.2, -0.15) is 0 Å². The molecule has 0 bridgehead atoms.